The molecule has 24 heavy (non-hydrogen) atoms. The molecule has 0 aliphatic heterocycles. The summed E-state index contributed by atoms with van der Waals surface area (Å²) in [5, 5.41) is 19.9. The second-order valence-corrected chi connectivity index (χ2v) is 6.00. The lowest BCUT2D eigenvalue weighted by Crippen LogP contribution is -2.34. The Hall–Kier alpha value is -2.04. The third-order valence-corrected chi connectivity index (χ3v) is 4.29. The van der Waals surface area contributed by atoms with Crippen LogP contribution in [0.2, 0.25) is 5.02 Å². The fourth-order valence-corrected chi connectivity index (χ4v) is 2.96. The third kappa shape index (κ3) is 4.49. The van der Waals surface area contributed by atoms with Gasteiger partial charge < -0.3 is 15.1 Å². The molecule has 0 radical (unpaired) electrons. The second-order valence-electron chi connectivity index (χ2n) is 5.57. The van der Waals surface area contributed by atoms with Gasteiger partial charge in [-0.2, -0.15) is 0 Å². The van der Waals surface area contributed by atoms with Crippen molar-refractivity contribution in [3.05, 3.63) is 64.7 Å². The summed E-state index contributed by atoms with van der Waals surface area (Å²) in [6.07, 6.45) is 0.200. The summed E-state index contributed by atoms with van der Waals surface area (Å²) in [6.45, 7) is 2.64. The second kappa shape index (κ2) is 8.71. The van der Waals surface area contributed by atoms with Crippen molar-refractivity contribution in [2.75, 3.05) is 19.7 Å². The van der Waals surface area contributed by atoms with Crippen LogP contribution in [0.25, 0.3) is 0 Å². The van der Waals surface area contributed by atoms with E-state index < -0.39 is 0 Å². The van der Waals surface area contributed by atoms with E-state index in [1.165, 1.54) is 0 Å². The van der Waals surface area contributed by atoms with Gasteiger partial charge in [-0.15, -0.1) is 0 Å². The number of likely N-dealkylation sites (N-methyl/N-ethyl adjacent to an activating group) is 1. The van der Waals surface area contributed by atoms with Gasteiger partial charge in [-0.25, -0.2) is 0 Å². The number of carbonyl (C=O) groups excluding carboxylic acids is 1. The molecule has 1 atom stereocenters. The first-order valence-corrected chi connectivity index (χ1v) is 8.36. The standard InChI is InChI=1S/C19H22ClNO3/c1-2-21(10-11-22)19(24)13-16(14-6-4-3-5-7-14)17-12-15(20)8-9-18(17)23/h3-9,12,16,22-23H,2,10-11,13H2,1H3/t16-/m0/s1. The number of amides is 1. The predicted molar refractivity (Wildman–Crippen MR) is 95.4 cm³/mol. The Balaban J connectivity index is 2.37. The Morgan fingerprint density at radius 3 is 2.54 bits per heavy atom. The van der Waals surface area contributed by atoms with Gasteiger partial charge in [0.15, 0.2) is 0 Å². The average Bonchev–Trinajstić information content (AvgIpc) is 2.60. The summed E-state index contributed by atoms with van der Waals surface area (Å²) in [5.41, 5.74) is 1.56. The fourth-order valence-electron chi connectivity index (χ4n) is 2.78. The number of benzene rings is 2. The minimum Gasteiger partial charge on any atom is -0.508 e. The zero-order chi connectivity index (χ0) is 17.5. The van der Waals surface area contributed by atoms with Crippen LogP contribution in [0.4, 0.5) is 0 Å². The number of hydrogen-bond acceptors (Lipinski definition) is 3. The van der Waals surface area contributed by atoms with Crippen LogP contribution in [-0.4, -0.2) is 40.7 Å². The zero-order valence-electron chi connectivity index (χ0n) is 13.7. The molecular formula is C19H22ClNO3. The normalized spacial score (nSPS) is 12.0. The van der Waals surface area contributed by atoms with Crippen molar-refractivity contribution in [2.24, 2.45) is 0 Å². The van der Waals surface area contributed by atoms with E-state index in [4.69, 9.17) is 16.7 Å². The lowest BCUT2D eigenvalue weighted by molar-refractivity contribution is -0.131. The summed E-state index contributed by atoms with van der Waals surface area (Å²) in [7, 11) is 0. The maximum atomic E-state index is 12.6. The highest BCUT2D eigenvalue weighted by molar-refractivity contribution is 6.30. The SMILES string of the molecule is CCN(CCO)C(=O)C[C@@H](c1ccccc1)c1cc(Cl)ccc1O. The number of phenols is 1. The van der Waals surface area contributed by atoms with E-state index in [0.717, 1.165) is 5.56 Å². The summed E-state index contributed by atoms with van der Waals surface area (Å²) in [5.74, 6) is -0.254. The molecule has 0 aliphatic rings. The van der Waals surface area contributed by atoms with E-state index >= 15 is 0 Å². The maximum absolute atomic E-state index is 12.6. The average molecular weight is 348 g/mol. The molecule has 128 valence electrons. The zero-order valence-corrected chi connectivity index (χ0v) is 14.4. The van der Waals surface area contributed by atoms with Gasteiger partial charge in [-0.1, -0.05) is 41.9 Å². The van der Waals surface area contributed by atoms with Crippen LogP contribution in [-0.2, 0) is 4.79 Å². The largest absolute Gasteiger partial charge is 0.508 e. The van der Waals surface area contributed by atoms with Gasteiger partial charge in [0.25, 0.3) is 0 Å². The van der Waals surface area contributed by atoms with Crippen molar-refractivity contribution in [3.63, 3.8) is 0 Å². The molecule has 2 rings (SSSR count). The molecule has 1 amide bonds. The number of aliphatic hydroxyl groups excluding tert-OH is 1. The number of rotatable bonds is 7. The van der Waals surface area contributed by atoms with Crippen LogP contribution >= 0.6 is 11.6 Å². The molecule has 5 heteroatoms. The molecular weight excluding hydrogens is 326 g/mol. The predicted octanol–water partition coefficient (Wildman–Crippen LogP) is 3.41. The molecule has 0 unspecified atom stereocenters. The summed E-state index contributed by atoms with van der Waals surface area (Å²) < 4.78 is 0. The molecule has 2 aromatic carbocycles. The Labute approximate surface area is 147 Å². The minimum absolute atomic E-state index is 0.0696. The summed E-state index contributed by atoms with van der Waals surface area (Å²) >= 11 is 6.08. The number of nitrogens with zero attached hydrogens (tertiary/aromatic N) is 1. The molecule has 0 saturated carbocycles. The Kier molecular flexibility index (Phi) is 6.64. The molecule has 0 aromatic heterocycles. The molecule has 4 nitrogen and oxygen atoms in total. The van der Waals surface area contributed by atoms with Crippen LogP contribution in [0.1, 0.15) is 30.4 Å². The van der Waals surface area contributed by atoms with Gasteiger partial charge in [0.1, 0.15) is 5.75 Å². The quantitative estimate of drug-likeness (QED) is 0.806. The number of phenolic OH excluding ortho intramolecular Hbond substituents is 1. The lowest BCUT2D eigenvalue weighted by Gasteiger charge is -2.24. The van der Waals surface area contributed by atoms with Crippen LogP contribution in [0.15, 0.2) is 48.5 Å². The Morgan fingerprint density at radius 1 is 1.21 bits per heavy atom. The van der Waals surface area contributed by atoms with Crippen molar-refractivity contribution in [1.29, 1.82) is 0 Å². The molecule has 2 N–H and O–H groups in total. The van der Waals surface area contributed by atoms with E-state index in [9.17, 15) is 9.90 Å². The maximum Gasteiger partial charge on any atom is 0.223 e. The van der Waals surface area contributed by atoms with E-state index in [1.807, 2.05) is 37.3 Å². The summed E-state index contributed by atoms with van der Waals surface area (Å²) in [4.78, 5) is 14.2. The molecule has 0 fully saturated rings. The fraction of sp³-hybridized carbons (Fsp3) is 0.316. The number of aliphatic hydroxyl groups is 1. The Bertz CT molecular complexity index is 676. The highest BCUT2D eigenvalue weighted by Gasteiger charge is 2.23. The van der Waals surface area contributed by atoms with Crippen LogP contribution < -0.4 is 0 Å². The van der Waals surface area contributed by atoms with Gasteiger partial charge in [-0.3, -0.25) is 4.79 Å². The van der Waals surface area contributed by atoms with Crippen molar-refractivity contribution >= 4 is 17.5 Å². The Morgan fingerprint density at radius 2 is 1.92 bits per heavy atom. The summed E-state index contributed by atoms with van der Waals surface area (Å²) in [6, 6.07) is 14.4. The highest BCUT2D eigenvalue weighted by Crippen LogP contribution is 2.35. The molecule has 0 heterocycles. The van der Waals surface area contributed by atoms with E-state index in [-0.39, 0.29) is 30.6 Å². The number of aromatic hydroxyl groups is 1. The van der Waals surface area contributed by atoms with Crippen LogP contribution in [0.5, 0.6) is 5.75 Å². The first kappa shape index (κ1) is 18.3. The monoisotopic (exact) mass is 347 g/mol. The molecule has 0 bridgehead atoms. The van der Waals surface area contributed by atoms with Gasteiger partial charge in [0.05, 0.1) is 6.61 Å². The molecule has 0 saturated heterocycles. The van der Waals surface area contributed by atoms with Crippen LogP contribution in [0, 0.1) is 0 Å². The van der Waals surface area contributed by atoms with Crippen molar-refractivity contribution in [3.8, 4) is 5.75 Å². The van der Waals surface area contributed by atoms with E-state index in [1.54, 1.807) is 23.1 Å². The lowest BCUT2D eigenvalue weighted by atomic mass is 9.87. The van der Waals surface area contributed by atoms with Crippen molar-refractivity contribution in [1.82, 2.24) is 4.90 Å². The minimum atomic E-state index is -0.301. The molecule has 2 aromatic rings. The molecule has 0 aliphatic carbocycles. The highest BCUT2D eigenvalue weighted by atomic mass is 35.5. The first-order chi connectivity index (χ1) is 11.6. The first-order valence-electron chi connectivity index (χ1n) is 7.98. The van der Waals surface area contributed by atoms with Crippen molar-refractivity contribution in [2.45, 2.75) is 19.3 Å². The number of hydrogen-bond donors (Lipinski definition) is 2. The number of halogens is 1. The van der Waals surface area contributed by atoms with Gasteiger partial charge >= 0.3 is 0 Å². The van der Waals surface area contributed by atoms with Gasteiger partial charge in [0.2, 0.25) is 5.91 Å². The third-order valence-electron chi connectivity index (χ3n) is 4.05. The number of carbonyl (C=O) groups is 1. The van der Waals surface area contributed by atoms with Crippen LogP contribution in [0.3, 0.4) is 0 Å². The van der Waals surface area contributed by atoms with E-state index in [2.05, 4.69) is 0 Å². The van der Waals surface area contributed by atoms with Crippen molar-refractivity contribution < 1.29 is 15.0 Å². The molecule has 0 spiro atoms. The topological polar surface area (TPSA) is 60.8 Å². The van der Waals surface area contributed by atoms with E-state index in [0.29, 0.717) is 23.7 Å². The smallest absolute Gasteiger partial charge is 0.223 e. The van der Waals surface area contributed by atoms with Gasteiger partial charge in [-0.05, 0) is 30.7 Å². The van der Waals surface area contributed by atoms with Gasteiger partial charge in [0, 0.05) is 36.0 Å².